The molecule has 0 heterocycles. The lowest BCUT2D eigenvalue weighted by Gasteiger charge is -2.19. The van der Waals surface area contributed by atoms with E-state index in [9.17, 15) is 19.0 Å². The third-order valence-corrected chi connectivity index (χ3v) is 5.88. The number of ether oxygens (including phenoxy) is 2. The monoisotopic (exact) mass is 519 g/mol. The number of unbranched alkanes of at least 4 members (excludes halogenated alkanes) is 8. The number of hydrogen-bond donors (Lipinski definition) is 2. The summed E-state index contributed by atoms with van der Waals surface area (Å²) in [5, 5.41) is 0. The first-order valence-corrected chi connectivity index (χ1v) is 14.2. The Morgan fingerprint density at radius 3 is 2.17 bits per heavy atom. The molecule has 0 aliphatic carbocycles. The predicted molar refractivity (Wildman–Crippen MR) is 137 cm³/mol. The first-order chi connectivity index (χ1) is 16.8. The van der Waals surface area contributed by atoms with Crippen LogP contribution in [-0.2, 0) is 32.7 Å². The average molecular weight is 520 g/mol. The van der Waals surface area contributed by atoms with Crippen molar-refractivity contribution in [3.05, 3.63) is 24.3 Å². The number of carbonyl (C=O) groups is 2. The third kappa shape index (κ3) is 24.0. The highest BCUT2D eigenvalue weighted by Gasteiger charge is 2.25. The molecule has 0 bridgehead atoms. The number of carbonyl (C=O) groups excluding carboxylic acids is 2. The molecular formula is C25H46NO8P. The van der Waals surface area contributed by atoms with Gasteiger partial charge in [0.1, 0.15) is 6.61 Å². The van der Waals surface area contributed by atoms with Crippen molar-refractivity contribution in [1.29, 1.82) is 0 Å². The molecule has 0 aromatic carbocycles. The van der Waals surface area contributed by atoms with Crippen LogP contribution in [-0.4, -0.2) is 49.3 Å². The molecule has 204 valence electrons. The van der Waals surface area contributed by atoms with E-state index in [1.54, 1.807) is 0 Å². The van der Waals surface area contributed by atoms with Gasteiger partial charge in [-0.3, -0.25) is 18.6 Å². The van der Waals surface area contributed by atoms with Crippen LogP contribution in [0.3, 0.4) is 0 Å². The van der Waals surface area contributed by atoms with Gasteiger partial charge in [0.15, 0.2) is 6.10 Å². The molecule has 0 aliphatic heterocycles. The molecule has 0 saturated carbocycles. The van der Waals surface area contributed by atoms with Crippen LogP contribution in [0.2, 0.25) is 0 Å². The molecule has 9 nitrogen and oxygen atoms in total. The van der Waals surface area contributed by atoms with Crippen molar-refractivity contribution in [1.82, 2.24) is 0 Å². The highest BCUT2D eigenvalue weighted by molar-refractivity contribution is 7.47. The van der Waals surface area contributed by atoms with Crippen LogP contribution in [0.25, 0.3) is 0 Å². The fourth-order valence-electron chi connectivity index (χ4n) is 3.03. The Hall–Kier alpha value is -1.51. The first kappa shape index (κ1) is 33.5. The van der Waals surface area contributed by atoms with Gasteiger partial charge in [0.25, 0.3) is 0 Å². The van der Waals surface area contributed by atoms with Gasteiger partial charge in [-0.05, 0) is 38.5 Å². The Kier molecular flexibility index (Phi) is 21.9. The maximum atomic E-state index is 12.1. The summed E-state index contributed by atoms with van der Waals surface area (Å²) < 4.78 is 31.3. The molecule has 0 rings (SSSR count). The Morgan fingerprint density at radius 1 is 0.914 bits per heavy atom. The minimum absolute atomic E-state index is 0.0489. The van der Waals surface area contributed by atoms with Gasteiger partial charge in [-0.25, -0.2) is 4.57 Å². The zero-order valence-electron chi connectivity index (χ0n) is 21.5. The molecule has 10 heteroatoms. The molecule has 2 atom stereocenters. The molecule has 0 aliphatic rings. The van der Waals surface area contributed by atoms with Crippen molar-refractivity contribution in [3.8, 4) is 0 Å². The SMILES string of the molecule is CCCCC/C=C\C/C=C\CCCCCCCC(=O)OC(COC(C)=O)COP(=O)(O)OCCN. The molecule has 0 aromatic heterocycles. The number of allylic oxidation sites excluding steroid dienone is 4. The maximum absolute atomic E-state index is 12.1. The summed E-state index contributed by atoms with van der Waals surface area (Å²) >= 11 is 0. The lowest BCUT2D eigenvalue weighted by molar-refractivity contribution is -0.160. The maximum Gasteiger partial charge on any atom is 0.472 e. The minimum Gasteiger partial charge on any atom is -0.462 e. The summed E-state index contributed by atoms with van der Waals surface area (Å²) in [5.74, 6) is -1.04. The van der Waals surface area contributed by atoms with Crippen LogP contribution in [0.4, 0.5) is 0 Å². The van der Waals surface area contributed by atoms with Crippen LogP contribution in [0.15, 0.2) is 24.3 Å². The number of phosphoric acid groups is 1. The topological polar surface area (TPSA) is 134 Å². The van der Waals surface area contributed by atoms with E-state index in [-0.39, 0.29) is 26.2 Å². The van der Waals surface area contributed by atoms with Crippen LogP contribution >= 0.6 is 7.82 Å². The molecule has 3 N–H and O–H groups in total. The highest BCUT2D eigenvalue weighted by atomic mass is 31.2. The summed E-state index contributed by atoms with van der Waals surface area (Å²) in [6.07, 6.45) is 20.0. The molecule has 0 saturated heterocycles. The highest BCUT2D eigenvalue weighted by Crippen LogP contribution is 2.43. The van der Waals surface area contributed by atoms with Gasteiger partial charge < -0.3 is 20.1 Å². The molecule has 0 amide bonds. The summed E-state index contributed by atoms with van der Waals surface area (Å²) in [7, 11) is -4.33. The Labute approximate surface area is 211 Å². The quantitative estimate of drug-likeness (QED) is 0.0791. The van der Waals surface area contributed by atoms with E-state index in [0.717, 1.165) is 38.5 Å². The summed E-state index contributed by atoms with van der Waals surface area (Å²) in [6.45, 7) is 2.59. The fraction of sp³-hybridized carbons (Fsp3) is 0.760. The second-order valence-electron chi connectivity index (χ2n) is 8.28. The average Bonchev–Trinajstić information content (AvgIpc) is 2.82. The summed E-state index contributed by atoms with van der Waals surface area (Å²) in [6, 6.07) is 0. The standard InChI is InChI=1S/C25H46NO8P/c1-3-4-5-6-7-8-9-10-11-12-13-14-15-16-17-18-25(28)34-24(21-31-23(2)27)22-33-35(29,30)32-20-19-26/h7-8,10-11,24H,3-6,9,12-22,26H2,1-2H3,(H,29,30)/b8-7-,11-10-. The molecule has 0 fully saturated rings. The summed E-state index contributed by atoms with van der Waals surface area (Å²) in [4.78, 5) is 32.7. The number of esters is 2. The van der Waals surface area contributed by atoms with Gasteiger partial charge in [0.2, 0.25) is 0 Å². The normalized spacial score (nSPS) is 14.3. The Morgan fingerprint density at radius 2 is 1.54 bits per heavy atom. The van der Waals surface area contributed by atoms with Gasteiger partial charge >= 0.3 is 19.8 Å². The van der Waals surface area contributed by atoms with Crippen molar-refractivity contribution >= 4 is 19.8 Å². The minimum atomic E-state index is -4.33. The first-order valence-electron chi connectivity index (χ1n) is 12.8. The number of rotatable bonds is 23. The molecule has 0 radical (unpaired) electrons. The van der Waals surface area contributed by atoms with Gasteiger partial charge in [-0.15, -0.1) is 0 Å². The van der Waals surface area contributed by atoms with Gasteiger partial charge in [-0.2, -0.15) is 0 Å². The van der Waals surface area contributed by atoms with Gasteiger partial charge in [0, 0.05) is 19.9 Å². The third-order valence-electron chi connectivity index (χ3n) is 4.90. The van der Waals surface area contributed by atoms with E-state index in [1.165, 1.54) is 32.6 Å². The molecule has 2 unspecified atom stereocenters. The van der Waals surface area contributed by atoms with Crippen molar-refractivity contribution in [2.24, 2.45) is 5.73 Å². The van der Waals surface area contributed by atoms with Crippen molar-refractivity contribution < 1.29 is 37.6 Å². The van der Waals surface area contributed by atoms with Crippen molar-refractivity contribution in [3.63, 3.8) is 0 Å². The molecule has 0 aromatic rings. The summed E-state index contributed by atoms with van der Waals surface area (Å²) in [5.41, 5.74) is 5.22. The van der Waals surface area contributed by atoms with E-state index >= 15 is 0 Å². The molecule has 35 heavy (non-hydrogen) atoms. The number of hydrogen-bond acceptors (Lipinski definition) is 8. The van der Waals surface area contributed by atoms with E-state index in [1.807, 2.05) is 0 Å². The number of nitrogens with two attached hydrogens (primary N) is 1. The van der Waals surface area contributed by atoms with E-state index in [0.29, 0.717) is 6.42 Å². The number of phosphoric ester groups is 1. The van der Waals surface area contributed by atoms with Crippen LogP contribution < -0.4 is 5.73 Å². The second kappa shape index (κ2) is 22.9. The van der Waals surface area contributed by atoms with Crippen LogP contribution in [0.1, 0.15) is 90.9 Å². The van der Waals surface area contributed by atoms with E-state index in [4.69, 9.17) is 19.7 Å². The van der Waals surface area contributed by atoms with Crippen molar-refractivity contribution in [2.75, 3.05) is 26.4 Å². The smallest absolute Gasteiger partial charge is 0.462 e. The van der Waals surface area contributed by atoms with Gasteiger partial charge in [-0.1, -0.05) is 63.3 Å². The zero-order chi connectivity index (χ0) is 26.2. The Balaban J connectivity index is 3.98. The Bertz CT molecular complexity index is 653. The van der Waals surface area contributed by atoms with E-state index in [2.05, 4.69) is 35.8 Å². The van der Waals surface area contributed by atoms with Gasteiger partial charge in [0.05, 0.1) is 13.2 Å². The fourth-order valence-corrected chi connectivity index (χ4v) is 3.80. The molecule has 0 spiro atoms. The van der Waals surface area contributed by atoms with Crippen molar-refractivity contribution in [2.45, 2.75) is 97.0 Å². The zero-order valence-corrected chi connectivity index (χ0v) is 22.4. The second-order valence-corrected chi connectivity index (χ2v) is 9.73. The lowest BCUT2D eigenvalue weighted by Crippen LogP contribution is -2.29. The van der Waals surface area contributed by atoms with Crippen LogP contribution in [0.5, 0.6) is 0 Å². The lowest BCUT2D eigenvalue weighted by atomic mass is 10.1. The largest absolute Gasteiger partial charge is 0.472 e. The predicted octanol–water partition coefficient (Wildman–Crippen LogP) is 5.37. The van der Waals surface area contributed by atoms with Crippen LogP contribution in [0, 0.1) is 0 Å². The van der Waals surface area contributed by atoms with E-state index < -0.39 is 32.5 Å². The molecular weight excluding hydrogens is 473 g/mol.